The van der Waals surface area contributed by atoms with Gasteiger partial charge in [-0.05, 0) is 22.0 Å². The summed E-state index contributed by atoms with van der Waals surface area (Å²) in [4.78, 5) is 14.7. The van der Waals surface area contributed by atoms with E-state index in [1.165, 1.54) is 0 Å². The minimum Gasteiger partial charge on any atom is -0.267 e. The summed E-state index contributed by atoms with van der Waals surface area (Å²) in [6.07, 6.45) is 1.59. The summed E-state index contributed by atoms with van der Waals surface area (Å²) < 4.78 is 0.817. The molecule has 2 rings (SSSR count). The highest BCUT2D eigenvalue weighted by Crippen LogP contribution is 2.23. The molecular formula is C8H4BrNO. The van der Waals surface area contributed by atoms with Gasteiger partial charge in [0.2, 0.25) is 0 Å². The lowest BCUT2D eigenvalue weighted by molar-refractivity contribution is 0.101. The molecule has 1 heterocycles. The highest BCUT2D eigenvalue weighted by molar-refractivity contribution is 9.10. The van der Waals surface area contributed by atoms with Crippen LogP contribution in [0.3, 0.4) is 0 Å². The monoisotopic (exact) mass is 209 g/mol. The number of rotatable bonds is 0. The SMILES string of the molecule is O=C1N=Cc2cccc(Br)c21. The van der Waals surface area contributed by atoms with Gasteiger partial charge >= 0.3 is 0 Å². The van der Waals surface area contributed by atoms with Crippen molar-refractivity contribution in [1.29, 1.82) is 0 Å². The second-order valence-corrected chi connectivity index (χ2v) is 3.12. The Morgan fingerprint density at radius 3 is 2.91 bits per heavy atom. The Kier molecular flexibility index (Phi) is 1.39. The number of amides is 1. The number of carbonyl (C=O) groups excluding carboxylic acids is 1. The Morgan fingerprint density at radius 2 is 2.18 bits per heavy atom. The van der Waals surface area contributed by atoms with Gasteiger partial charge in [0.25, 0.3) is 5.91 Å². The van der Waals surface area contributed by atoms with Gasteiger partial charge in [0.05, 0.1) is 5.56 Å². The van der Waals surface area contributed by atoms with E-state index in [1.807, 2.05) is 18.2 Å². The molecule has 1 aromatic rings. The van der Waals surface area contributed by atoms with Crippen LogP contribution in [0.2, 0.25) is 0 Å². The van der Waals surface area contributed by atoms with Crippen molar-refractivity contribution in [3.8, 4) is 0 Å². The molecule has 11 heavy (non-hydrogen) atoms. The van der Waals surface area contributed by atoms with Crippen LogP contribution in [-0.4, -0.2) is 12.1 Å². The Hall–Kier alpha value is -0.960. The first-order chi connectivity index (χ1) is 5.29. The summed E-state index contributed by atoms with van der Waals surface area (Å²) in [6.45, 7) is 0. The van der Waals surface area contributed by atoms with Gasteiger partial charge in [0, 0.05) is 16.3 Å². The van der Waals surface area contributed by atoms with E-state index in [2.05, 4.69) is 20.9 Å². The van der Waals surface area contributed by atoms with Crippen LogP contribution in [0.25, 0.3) is 0 Å². The van der Waals surface area contributed by atoms with Gasteiger partial charge in [0.15, 0.2) is 0 Å². The largest absolute Gasteiger partial charge is 0.278 e. The zero-order chi connectivity index (χ0) is 7.84. The Bertz CT molecular complexity index is 357. The number of hydrogen-bond acceptors (Lipinski definition) is 1. The molecule has 0 unspecified atom stereocenters. The van der Waals surface area contributed by atoms with Crippen molar-refractivity contribution in [3.63, 3.8) is 0 Å². The molecule has 0 radical (unpaired) electrons. The third-order valence-corrected chi connectivity index (χ3v) is 2.24. The second-order valence-electron chi connectivity index (χ2n) is 2.27. The molecule has 0 atom stereocenters. The van der Waals surface area contributed by atoms with E-state index in [0.29, 0.717) is 5.56 Å². The Labute approximate surface area is 72.1 Å². The normalized spacial score (nSPS) is 13.7. The highest BCUT2D eigenvalue weighted by Gasteiger charge is 2.17. The fourth-order valence-corrected chi connectivity index (χ4v) is 1.62. The van der Waals surface area contributed by atoms with Crippen molar-refractivity contribution < 1.29 is 4.79 Å². The molecule has 2 nitrogen and oxygen atoms in total. The smallest absolute Gasteiger partial charge is 0.267 e. The van der Waals surface area contributed by atoms with Crippen molar-refractivity contribution in [2.24, 2.45) is 4.99 Å². The van der Waals surface area contributed by atoms with Gasteiger partial charge in [-0.3, -0.25) is 4.79 Å². The van der Waals surface area contributed by atoms with Gasteiger partial charge in [-0.2, -0.15) is 0 Å². The third-order valence-electron chi connectivity index (χ3n) is 1.58. The lowest BCUT2D eigenvalue weighted by Gasteiger charge is -1.96. The zero-order valence-electron chi connectivity index (χ0n) is 5.54. The minimum atomic E-state index is -0.160. The third kappa shape index (κ3) is 0.922. The summed E-state index contributed by atoms with van der Waals surface area (Å²) in [5.41, 5.74) is 1.57. The van der Waals surface area contributed by atoms with Crippen LogP contribution in [0.4, 0.5) is 0 Å². The van der Waals surface area contributed by atoms with Crippen molar-refractivity contribution in [2.75, 3.05) is 0 Å². The Balaban J connectivity index is 2.74. The van der Waals surface area contributed by atoms with E-state index < -0.39 is 0 Å². The molecule has 0 aliphatic carbocycles. The van der Waals surface area contributed by atoms with Gasteiger partial charge in [-0.25, -0.2) is 4.99 Å². The van der Waals surface area contributed by atoms with E-state index in [-0.39, 0.29) is 5.91 Å². The molecule has 0 N–H and O–H groups in total. The van der Waals surface area contributed by atoms with Crippen molar-refractivity contribution >= 4 is 28.1 Å². The van der Waals surface area contributed by atoms with E-state index in [0.717, 1.165) is 10.0 Å². The van der Waals surface area contributed by atoms with Crippen LogP contribution in [0.15, 0.2) is 27.7 Å². The number of nitrogens with zero attached hydrogens (tertiary/aromatic N) is 1. The summed E-state index contributed by atoms with van der Waals surface area (Å²) in [5.74, 6) is -0.160. The first kappa shape index (κ1) is 6.73. The van der Waals surface area contributed by atoms with Crippen LogP contribution in [-0.2, 0) is 0 Å². The average molecular weight is 210 g/mol. The first-order valence-electron chi connectivity index (χ1n) is 3.16. The molecule has 1 aliphatic rings. The maximum atomic E-state index is 11.1. The summed E-state index contributed by atoms with van der Waals surface area (Å²) in [7, 11) is 0. The standard InChI is InChI=1S/C8H4BrNO/c9-6-3-1-2-5-4-10-8(11)7(5)6/h1-4H. The molecule has 3 heteroatoms. The fraction of sp³-hybridized carbons (Fsp3) is 0. The molecule has 0 saturated heterocycles. The molecule has 0 saturated carbocycles. The molecule has 0 fully saturated rings. The minimum absolute atomic E-state index is 0.160. The van der Waals surface area contributed by atoms with Crippen molar-refractivity contribution in [2.45, 2.75) is 0 Å². The molecule has 0 bridgehead atoms. The predicted molar refractivity (Wildman–Crippen MR) is 46.1 cm³/mol. The number of benzene rings is 1. The van der Waals surface area contributed by atoms with Gasteiger partial charge in [-0.1, -0.05) is 12.1 Å². The molecule has 1 aliphatic heterocycles. The maximum absolute atomic E-state index is 11.1. The average Bonchev–Trinajstić information content (AvgIpc) is 2.34. The number of halogens is 1. The number of carbonyl (C=O) groups is 1. The molecule has 1 aromatic carbocycles. The van der Waals surface area contributed by atoms with Crippen LogP contribution < -0.4 is 0 Å². The predicted octanol–water partition coefficient (Wildman–Crippen LogP) is 2.02. The van der Waals surface area contributed by atoms with Crippen LogP contribution >= 0.6 is 15.9 Å². The van der Waals surface area contributed by atoms with E-state index in [4.69, 9.17) is 0 Å². The molecule has 1 amide bonds. The van der Waals surface area contributed by atoms with Gasteiger partial charge in [-0.15, -0.1) is 0 Å². The number of hydrogen-bond donors (Lipinski definition) is 0. The van der Waals surface area contributed by atoms with Crippen LogP contribution in [0, 0.1) is 0 Å². The molecule has 0 spiro atoms. The first-order valence-corrected chi connectivity index (χ1v) is 3.95. The summed E-state index contributed by atoms with van der Waals surface area (Å²) in [5, 5.41) is 0. The van der Waals surface area contributed by atoms with Crippen molar-refractivity contribution in [1.82, 2.24) is 0 Å². The lowest BCUT2D eigenvalue weighted by atomic mass is 10.1. The molecule has 0 aromatic heterocycles. The van der Waals surface area contributed by atoms with Crippen molar-refractivity contribution in [3.05, 3.63) is 33.8 Å². The molecular weight excluding hydrogens is 206 g/mol. The number of aliphatic imine (C=N–C) groups is 1. The molecule has 54 valence electrons. The van der Waals surface area contributed by atoms with Crippen LogP contribution in [0.1, 0.15) is 15.9 Å². The number of fused-ring (bicyclic) bond motifs is 1. The Morgan fingerprint density at radius 1 is 1.36 bits per heavy atom. The zero-order valence-corrected chi connectivity index (χ0v) is 7.13. The van der Waals surface area contributed by atoms with E-state index in [9.17, 15) is 4.79 Å². The topological polar surface area (TPSA) is 29.4 Å². The van der Waals surface area contributed by atoms with E-state index in [1.54, 1.807) is 6.21 Å². The fourth-order valence-electron chi connectivity index (χ4n) is 1.07. The maximum Gasteiger partial charge on any atom is 0.278 e. The van der Waals surface area contributed by atoms with E-state index >= 15 is 0 Å². The van der Waals surface area contributed by atoms with Crippen LogP contribution in [0.5, 0.6) is 0 Å². The van der Waals surface area contributed by atoms with Gasteiger partial charge in [0.1, 0.15) is 0 Å². The lowest BCUT2D eigenvalue weighted by Crippen LogP contribution is -1.92. The highest BCUT2D eigenvalue weighted by atomic mass is 79.9. The summed E-state index contributed by atoms with van der Waals surface area (Å²) in [6, 6.07) is 5.59. The second kappa shape index (κ2) is 2.27. The summed E-state index contributed by atoms with van der Waals surface area (Å²) >= 11 is 3.29. The quantitative estimate of drug-likeness (QED) is 0.644. The van der Waals surface area contributed by atoms with Gasteiger partial charge < -0.3 is 0 Å².